The Bertz CT molecular complexity index is 1080. The van der Waals surface area contributed by atoms with E-state index < -0.39 is 35.7 Å². The van der Waals surface area contributed by atoms with E-state index in [9.17, 15) is 19.5 Å². The number of hydrogen-bond donors (Lipinski definition) is 2. The highest BCUT2D eigenvalue weighted by atomic mass is 16.6. The first kappa shape index (κ1) is 22.4. The average molecular weight is 465 g/mol. The van der Waals surface area contributed by atoms with Gasteiger partial charge in [0.2, 0.25) is 0 Å². The van der Waals surface area contributed by atoms with Crippen LogP contribution in [0.3, 0.4) is 0 Å². The average Bonchev–Trinajstić information content (AvgIpc) is 3.38. The lowest BCUT2D eigenvalue weighted by Crippen LogP contribution is -2.63. The molecule has 1 heterocycles. The summed E-state index contributed by atoms with van der Waals surface area (Å²) in [5, 5.41) is 12.4. The first-order chi connectivity index (χ1) is 16.4. The maximum Gasteiger partial charge on any atom is 0.407 e. The summed E-state index contributed by atoms with van der Waals surface area (Å²) in [6, 6.07) is 15.6. The molecule has 2 fully saturated rings. The van der Waals surface area contributed by atoms with E-state index in [1.165, 1.54) is 11.9 Å². The number of aliphatic carboxylic acids is 1. The SMILES string of the molecule is CN(C(=O)[C@H]1OCC[C@H]1NC(=O)OCC1c2ccccc2-c2ccccc21)C1(C(=O)O)CCC1. The summed E-state index contributed by atoms with van der Waals surface area (Å²) in [5.41, 5.74) is 3.35. The molecule has 8 nitrogen and oxygen atoms in total. The third-order valence-electron chi connectivity index (χ3n) is 7.53. The lowest BCUT2D eigenvalue weighted by atomic mass is 9.75. The molecule has 1 saturated heterocycles. The van der Waals surface area contributed by atoms with Crippen molar-refractivity contribution in [3.05, 3.63) is 59.7 Å². The van der Waals surface area contributed by atoms with Gasteiger partial charge in [0, 0.05) is 19.6 Å². The lowest BCUT2D eigenvalue weighted by molar-refractivity contribution is -0.168. The fraction of sp³-hybridized carbons (Fsp3) is 0.423. The van der Waals surface area contributed by atoms with Crippen LogP contribution < -0.4 is 5.32 Å². The molecule has 2 amide bonds. The predicted octanol–water partition coefficient (Wildman–Crippen LogP) is 3.15. The molecular formula is C26H28N2O6. The van der Waals surface area contributed by atoms with Gasteiger partial charge >= 0.3 is 12.1 Å². The van der Waals surface area contributed by atoms with E-state index in [0.29, 0.717) is 25.9 Å². The van der Waals surface area contributed by atoms with Gasteiger partial charge in [0.15, 0.2) is 6.10 Å². The van der Waals surface area contributed by atoms with Crippen LogP contribution in [-0.4, -0.2) is 65.9 Å². The van der Waals surface area contributed by atoms with Crippen LogP contribution in [0.15, 0.2) is 48.5 Å². The van der Waals surface area contributed by atoms with Gasteiger partial charge in [-0.1, -0.05) is 48.5 Å². The molecule has 2 aromatic carbocycles. The van der Waals surface area contributed by atoms with Crippen LogP contribution in [0.2, 0.25) is 0 Å². The molecule has 1 saturated carbocycles. The Morgan fingerprint density at radius 1 is 1.09 bits per heavy atom. The second-order valence-corrected chi connectivity index (χ2v) is 9.24. The minimum absolute atomic E-state index is 0.0596. The van der Waals surface area contributed by atoms with Crippen LogP contribution in [0.25, 0.3) is 11.1 Å². The minimum Gasteiger partial charge on any atom is -0.479 e. The van der Waals surface area contributed by atoms with Crippen molar-refractivity contribution in [1.82, 2.24) is 10.2 Å². The molecule has 2 N–H and O–H groups in total. The second kappa shape index (κ2) is 8.76. The van der Waals surface area contributed by atoms with E-state index in [4.69, 9.17) is 9.47 Å². The summed E-state index contributed by atoms with van der Waals surface area (Å²) >= 11 is 0. The van der Waals surface area contributed by atoms with E-state index in [2.05, 4.69) is 29.6 Å². The number of fused-ring (bicyclic) bond motifs is 3. The van der Waals surface area contributed by atoms with Crippen molar-refractivity contribution in [2.24, 2.45) is 0 Å². The normalized spacial score (nSPS) is 22.3. The zero-order chi connectivity index (χ0) is 23.9. The van der Waals surface area contributed by atoms with Crippen LogP contribution in [0, 0.1) is 0 Å². The van der Waals surface area contributed by atoms with Crippen LogP contribution >= 0.6 is 0 Å². The number of nitrogens with one attached hydrogen (secondary N) is 1. The Kier molecular flexibility index (Phi) is 5.77. The zero-order valence-corrected chi connectivity index (χ0v) is 19.0. The van der Waals surface area contributed by atoms with Crippen molar-refractivity contribution in [2.75, 3.05) is 20.3 Å². The van der Waals surface area contributed by atoms with Crippen LogP contribution in [0.5, 0.6) is 0 Å². The van der Waals surface area contributed by atoms with Gasteiger partial charge in [-0.25, -0.2) is 9.59 Å². The van der Waals surface area contributed by atoms with E-state index in [-0.39, 0.29) is 12.5 Å². The number of amides is 2. The van der Waals surface area contributed by atoms with Gasteiger partial charge in [0.1, 0.15) is 12.1 Å². The number of hydrogen-bond acceptors (Lipinski definition) is 5. The summed E-state index contributed by atoms with van der Waals surface area (Å²) in [4.78, 5) is 38.8. The molecule has 2 aliphatic carbocycles. The Morgan fingerprint density at radius 2 is 1.71 bits per heavy atom. The van der Waals surface area contributed by atoms with Crippen LogP contribution in [0.4, 0.5) is 4.79 Å². The number of carboxylic acids is 1. The molecule has 0 spiro atoms. The van der Waals surface area contributed by atoms with Crippen molar-refractivity contribution in [3.63, 3.8) is 0 Å². The zero-order valence-electron chi connectivity index (χ0n) is 19.0. The fourth-order valence-corrected chi connectivity index (χ4v) is 5.38. The third-order valence-corrected chi connectivity index (χ3v) is 7.53. The number of ether oxygens (including phenoxy) is 2. The molecule has 0 bridgehead atoms. The number of likely N-dealkylation sites (N-methyl/N-ethyl adjacent to an activating group) is 1. The Hall–Kier alpha value is -3.39. The maximum absolute atomic E-state index is 13.1. The van der Waals surface area contributed by atoms with Gasteiger partial charge < -0.3 is 24.8 Å². The number of carboxylic acid groups (broad SMARTS) is 1. The van der Waals surface area contributed by atoms with Gasteiger partial charge in [-0.05, 0) is 47.9 Å². The second-order valence-electron chi connectivity index (χ2n) is 9.24. The molecule has 3 aliphatic rings. The molecule has 2 atom stereocenters. The predicted molar refractivity (Wildman–Crippen MR) is 123 cm³/mol. The summed E-state index contributed by atoms with van der Waals surface area (Å²) in [6.45, 7) is 0.479. The van der Waals surface area contributed by atoms with Gasteiger partial charge in [-0.15, -0.1) is 0 Å². The van der Waals surface area contributed by atoms with E-state index in [1.807, 2.05) is 24.3 Å². The van der Waals surface area contributed by atoms with Crippen molar-refractivity contribution >= 4 is 18.0 Å². The standard InChI is InChI=1S/C26H28N2O6/c1-28(26(24(30)31)12-6-13-26)23(29)22-21(11-14-33-22)27-25(32)34-15-20-18-9-4-2-7-16(18)17-8-3-5-10-19(17)20/h2-5,7-10,20-22H,6,11-15H2,1H3,(H,27,32)(H,30,31)/t21-,22+/m1/s1. The molecule has 5 rings (SSSR count). The largest absolute Gasteiger partial charge is 0.479 e. The fourth-order valence-electron chi connectivity index (χ4n) is 5.38. The highest BCUT2D eigenvalue weighted by molar-refractivity contribution is 5.90. The highest BCUT2D eigenvalue weighted by Gasteiger charge is 2.52. The summed E-state index contributed by atoms with van der Waals surface area (Å²) in [7, 11) is 1.50. The van der Waals surface area contributed by atoms with Gasteiger partial charge in [-0.2, -0.15) is 0 Å². The van der Waals surface area contributed by atoms with Crippen molar-refractivity contribution in [2.45, 2.75) is 49.3 Å². The highest BCUT2D eigenvalue weighted by Crippen LogP contribution is 2.44. The molecule has 2 aromatic rings. The quantitative estimate of drug-likeness (QED) is 0.681. The van der Waals surface area contributed by atoms with Crippen LogP contribution in [-0.2, 0) is 19.1 Å². The maximum atomic E-state index is 13.1. The Labute approximate surface area is 197 Å². The van der Waals surface area contributed by atoms with Crippen molar-refractivity contribution in [1.29, 1.82) is 0 Å². The minimum atomic E-state index is -1.18. The van der Waals surface area contributed by atoms with E-state index in [0.717, 1.165) is 28.7 Å². The van der Waals surface area contributed by atoms with Crippen LogP contribution in [0.1, 0.15) is 42.7 Å². The first-order valence-corrected chi connectivity index (χ1v) is 11.7. The number of carbonyl (C=O) groups excluding carboxylic acids is 2. The number of carbonyl (C=O) groups is 3. The Balaban J connectivity index is 1.23. The van der Waals surface area contributed by atoms with E-state index >= 15 is 0 Å². The number of alkyl carbamates (subject to hydrolysis) is 1. The monoisotopic (exact) mass is 464 g/mol. The molecule has 8 heteroatoms. The van der Waals surface area contributed by atoms with Gasteiger partial charge in [-0.3, -0.25) is 4.79 Å². The lowest BCUT2D eigenvalue weighted by Gasteiger charge is -2.45. The molecule has 1 aliphatic heterocycles. The van der Waals surface area contributed by atoms with E-state index in [1.54, 1.807) is 0 Å². The first-order valence-electron chi connectivity index (χ1n) is 11.7. The molecule has 178 valence electrons. The van der Waals surface area contributed by atoms with Gasteiger partial charge in [0.05, 0.1) is 6.04 Å². The van der Waals surface area contributed by atoms with Crippen molar-refractivity contribution in [3.8, 4) is 11.1 Å². The Morgan fingerprint density at radius 3 is 2.26 bits per heavy atom. The molecule has 0 unspecified atom stereocenters. The number of nitrogens with zero attached hydrogens (tertiary/aromatic N) is 1. The molecular weight excluding hydrogens is 436 g/mol. The summed E-state index contributed by atoms with van der Waals surface area (Å²) < 4.78 is 11.2. The molecule has 0 radical (unpaired) electrons. The molecule has 34 heavy (non-hydrogen) atoms. The topological polar surface area (TPSA) is 105 Å². The smallest absolute Gasteiger partial charge is 0.407 e. The summed E-state index contributed by atoms with van der Waals surface area (Å²) in [6.07, 6.45) is 0.506. The number of rotatable bonds is 6. The molecule has 0 aromatic heterocycles. The van der Waals surface area contributed by atoms with Gasteiger partial charge in [0.25, 0.3) is 5.91 Å². The third kappa shape index (κ3) is 3.62. The number of benzene rings is 2. The summed E-state index contributed by atoms with van der Waals surface area (Å²) in [5.74, 6) is -1.49. The van der Waals surface area contributed by atoms with Crippen molar-refractivity contribution < 1.29 is 29.0 Å².